The summed E-state index contributed by atoms with van der Waals surface area (Å²) in [6.45, 7) is 0. The zero-order valence-electron chi connectivity index (χ0n) is 12.2. The van der Waals surface area contributed by atoms with Gasteiger partial charge >= 0.3 is 0 Å². The predicted molar refractivity (Wildman–Crippen MR) is 95.5 cm³/mol. The normalized spacial score (nSPS) is 12.1. The Morgan fingerprint density at radius 2 is 1.04 bits per heavy atom. The molecular formula is C19H14Cl2O2. The fourth-order valence-electron chi connectivity index (χ4n) is 2.11. The van der Waals surface area contributed by atoms with Crippen molar-refractivity contribution in [3.63, 3.8) is 0 Å². The molecule has 2 nitrogen and oxygen atoms in total. The lowest BCUT2D eigenvalue weighted by Gasteiger charge is -2.05. The molecule has 0 fully saturated rings. The van der Waals surface area contributed by atoms with Gasteiger partial charge < -0.3 is 0 Å². The van der Waals surface area contributed by atoms with Gasteiger partial charge in [-0.1, -0.05) is 71.7 Å². The molecule has 0 aliphatic carbocycles. The molecule has 0 amide bonds. The summed E-state index contributed by atoms with van der Waals surface area (Å²) in [5, 5.41) is 0.847. The van der Waals surface area contributed by atoms with Crippen LogP contribution in [-0.4, -0.2) is 12.6 Å². The minimum Gasteiger partial charge on any atom is -0.299 e. The van der Waals surface area contributed by atoms with Gasteiger partial charge in [-0.25, -0.2) is 0 Å². The second kappa shape index (κ2) is 8.47. The van der Waals surface area contributed by atoms with E-state index in [0.717, 1.165) is 28.7 Å². The smallest absolute Gasteiger partial charge is 0.144 e. The van der Waals surface area contributed by atoms with Crippen molar-refractivity contribution in [1.29, 1.82) is 0 Å². The van der Waals surface area contributed by atoms with Gasteiger partial charge in [-0.15, -0.1) is 0 Å². The molecule has 4 heteroatoms. The Morgan fingerprint density at radius 1 is 0.696 bits per heavy atom. The van der Waals surface area contributed by atoms with Crippen LogP contribution in [0.3, 0.4) is 0 Å². The van der Waals surface area contributed by atoms with Crippen LogP contribution in [-0.2, 0) is 16.0 Å². The average Bonchev–Trinajstić information content (AvgIpc) is 2.56. The van der Waals surface area contributed by atoms with Crippen LogP contribution in [0.2, 0.25) is 0 Å². The van der Waals surface area contributed by atoms with Crippen LogP contribution in [0.25, 0.3) is 10.1 Å². The molecule has 0 aliphatic rings. The second-order valence-corrected chi connectivity index (χ2v) is 5.69. The molecule has 0 spiro atoms. The Hall–Kier alpha value is -2.16. The molecule has 0 saturated heterocycles. The maximum atomic E-state index is 10.4. The SMILES string of the molecule is O=C/C=C(\Cl)c1ccc(Cc2ccc(/C(Cl)=C/C=O)cc2)cc1. The quantitative estimate of drug-likeness (QED) is 0.555. The fraction of sp³-hybridized carbons (Fsp3) is 0.0526. The molecule has 0 unspecified atom stereocenters. The summed E-state index contributed by atoms with van der Waals surface area (Å²) >= 11 is 12.0. The number of hydrogen-bond donors (Lipinski definition) is 0. The van der Waals surface area contributed by atoms with Crippen LogP contribution in [0.1, 0.15) is 22.3 Å². The van der Waals surface area contributed by atoms with Crippen molar-refractivity contribution in [2.24, 2.45) is 0 Å². The molecule has 23 heavy (non-hydrogen) atoms. The monoisotopic (exact) mass is 344 g/mol. The lowest BCUT2D eigenvalue weighted by Crippen LogP contribution is -1.89. The highest BCUT2D eigenvalue weighted by Crippen LogP contribution is 2.21. The molecule has 2 aromatic rings. The van der Waals surface area contributed by atoms with E-state index >= 15 is 0 Å². The van der Waals surface area contributed by atoms with Gasteiger partial charge in [0, 0.05) is 0 Å². The molecule has 0 radical (unpaired) electrons. The molecule has 0 bridgehead atoms. The lowest BCUT2D eigenvalue weighted by atomic mass is 10.0. The van der Waals surface area contributed by atoms with Gasteiger partial charge in [-0.05, 0) is 40.8 Å². The third-order valence-corrected chi connectivity index (χ3v) is 3.98. The van der Waals surface area contributed by atoms with E-state index in [-0.39, 0.29) is 0 Å². The highest BCUT2D eigenvalue weighted by molar-refractivity contribution is 6.50. The van der Waals surface area contributed by atoms with Gasteiger partial charge in [0.15, 0.2) is 0 Å². The number of carbonyl (C=O) groups is 2. The Morgan fingerprint density at radius 3 is 1.35 bits per heavy atom. The van der Waals surface area contributed by atoms with Crippen LogP contribution < -0.4 is 0 Å². The first-order chi connectivity index (χ1) is 11.1. The summed E-state index contributed by atoms with van der Waals surface area (Å²) < 4.78 is 0. The second-order valence-electron chi connectivity index (χ2n) is 4.87. The van der Waals surface area contributed by atoms with Crippen molar-refractivity contribution < 1.29 is 9.59 Å². The average molecular weight is 345 g/mol. The first kappa shape index (κ1) is 17.2. The molecule has 0 heterocycles. The topological polar surface area (TPSA) is 34.1 Å². The number of halogens is 2. The third kappa shape index (κ3) is 4.92. The molecule has 0 aliphatic heterocycles. The van der Waals surface area contributed by atoms with E-state index in [1.54, 1.807) is 0 Å². The zero-order valence-corrected chi connectivity index (χ0v) is 13.7. The Kier molecular flexibility index (Phi) is 6.33. The number of benzene rings is 2. The molecule has 0 atom stereocenters. The van der Waals surface area contributed by atoms with Crippen LogP contribution in [0, 0.1) is 0 Å². The van der Waals surface area contributed by atoms with Crippen molar-refractivity contribution >= 4 is 45.8 Å². The van der Waals surface area contributed by atoms with E-state index < -0.39 is 0 Å². The fourth-order valence-corrected chi connectivity index (χ4v) is 2.47. The number of rotatable bonds is 6. The Balaban J connectivity index is 2.10. The van der Waals surface area contributed by atoms with Crippen LogP contribution in [0.15, 0.2) is 60.7 Å². The van der Waals surface area contributed by atoms with Gasteiger partial charge in [0.25, 0.3) is 0 Å². The highest BCUT2D eigenvalue weighted by Gasteiger charge is 2.02. The van der Waals surface area contributed by atoms with Crippen molar-refractivity contribution in [2.45, 2.75) is 6.42 Å². The molecule has 2 rings (SSSR count). The zero-order chi connectivity index (χ0) is 16.7. The van der Waals surface area contributed by atoms with Crippen molar-refractivity contribution in [3.05, 3.63) is 82.9 Å². The van der Waals surface area contributed by atoms with E-state index in [0.29, 0.717) is 22.6 Å². The van der Waals surface area contributed by atoms with E-state index in [1.165, 1.54) is 12.2 Å². The van der Waals surface area contributed by atoms with E-state index in [9.17, 15) is 9.59 Å². The molecule has 0 aromatic heterocycles. The standard InChI is InChI=1S/C19H14Cl2O2/c20-18(9-11-22)16-5-1-14(2-6-16)13-15-3-7-17(8-4-15)19(21)10-12-23/h1-12H,13H2/b18-9-,19-10-. The first-order valence-electron chi connectivity index (χ1n) is 6.94. The van der Waals surface area contributed by atoms with Crippen LogP contribution in [0.4, 0.5) is 0 Å². The van der Waals surface area contributed by atoms with Gasteiger partial charge in [-0.2, -0.15) is 0 Å². The molecule has 116 valence electrons. The number of aldehydes is 2. The molecule has 0 saturated carbocycles. The summed E-state index contributed by atoms with van der Waals surface area (Å²) in [6.07, 6.45) is 4.76. The number of hydrogen-bond acceptors (Lipinski definition) is 2. The van der Waals surface area contributed by atoms with Crippen LogP contribution >= 0.6 is 23.2 Å². The number of allylic oxidation sites excluding steroid dienone is 2. The van der Waals surface area contributed by atoms with E-state index in [4.69, 9.17) is 23.2 Å². The molecule has 0 N–H and O–H groups in total. The first-order valence-corrected chi connectivity index (χ1v) is 7.70. The maximum absolute atomic E-state index is 10.4. The summed E-state index contributed by atoms with van der Waals surface area (Å²) in [7, 11) is 0. The summed E-state index contributed by atoms with van der Waals surface area (Å²) in [4.78, 5) is 20.8. The van der Waals surface area contributed by atoms with Gasteiger partial charge in [-0.3, -0.25) is 9.59 Å². The van der Waals surface area contributed by atoms with E-state index in [2.05, 4.69) is 0 Å². The van der Waals surface area contributed by atoms with E-state index in [1.807, 2.05) is 48.5 Å². The maximum Gasteiger partial charge on any atom is 0.144 e. The van der Waals surface area contributed by atoms with Crippen LogP contribution in [0.5, 0.6) is 0 Å². The third-order valence-electron chi connectivity index (χ3n) is 3.30. The van der Waals surface area contributed by atoms with Crippen molar-refractivity contribution in [3.8, 4) is 0 Å². The number of carbonyl (C=O) groups excluding carboxylic acids is 2. The summed E-state index contributed by atoms with van der Waals surface area (Å²) in [6, 6.07) is 15.4. The summed E-state index contributed by atoms with van der Waals surface area (Å²) in [5.41, 5.74) is 3.88. The van der Waals surface area contributed by atoms with Crippen molar-refractivity contribution in [1.82, 2.24) is 0 Å². The molecule has 2 aromatic carbocycles. The summed E-state index contributed by atoms with van der Waals surface area (Å²) in [5.74, 6) is 0. The van der Waals surface area contributed by atoms with Gasteiger partial charge in [0.1, 0.15) is 12.6 Å². The minimum absolute atomic E-state index is 0.424. The highest BCUT2D eigenvalue weighted by atomic mass is 35.5. The predicted octanol–water partition coefficient (Wildman–Crippen LogP) is 4.83. The van der Waals surface area contributed by atoms with Gasteiger partial charge in [0.05, 0.1) is 10.1 Å². The Labute approximate surface area is 145 Å². The lowest BCUT2D eigenvalue weighted by molar-refractivity contribution is -0.104. The van der Waals surface area contributed by atoms with Crippen molar-refractivity contribution in [2.75, 3.05) is 0 Å². The minimum atomic E-state index is 0.424. The Bertz CT molecular complexity index is 676. The molecular weight excluding hydrogens is 331 g/mol. The van der Waals surface area contributed by atoms with Gasteiger partial charge in [0.2, 0.25) is 0 Å². The largest absolute Gasteiger partial charge is 0.299 e.